The number of nitrogens with one attached hydrogen (secondary N) is 1. The van der Waals surface area contributed by atoms with Crippen molar-refractivity contribution in [2.75, 3.05) is 11.9 Å². The second-order valence-electron chi connectivity index (χ2n) is 7.27. The molecule has 1 saturated heterocycles. The quantitative estimate of drug-likeness (QED) is 0.815. The van der Waals surface area contributed by atoms with E-state index in [-0.39, 0.29) is 36.2 Å². The van der Waals surface area contributed by atoms with Gasteiger partial charge in [0.25, 0.3) is 5.91 Å². The fraction of sp³-hybridized carbons (Fsp3) is 0.600. The molecule has 2 rings (SSSR count). The normalized spacial score (nSPS) is 19.3. The lowest BCUT2D eigenvalue weighted by molar-refractivity contribution is -0.118. The Balaban J connectivity index is 0.00000338. The average molecular weight is 382 g/mol. The van der Waals surface area contributed by atoms with Crippen LogP contribution in [0.15, 0.2) is 18.2 Å². The molecule has 26 heavy (non-hydrogen) atoms. The second-order valence-corrected chi connectivity index (χ2v) is 7.27. The third kappa shape index (κ3) is 5.21. The van der Waals surface area contributed by atoms with Crippen LogP contribution >= 0.6 is 12.4 Å². The first-order valence-electron chi connectivity index (χ1n) is 9.33. The minimum atomic E-state index is -0.528. The number of likely N-dealkylation sites (tertiary alicyclic amines) is 1. The Morgan fingerprint density at radius 3 is 2.62 bits per heavy atom. The van der Waals surface area contributed by atoms with E-state index in [1.807, 2.05) is 31.7 Å². The molecule has 3 N–H and O–H groups in total. The molecule has 3 atom stereocenters. The number of nitrogens with zero attached hydrogens (tertiary/aromatic N) is 1. The Labute approximate surface area is 163 Å². The third-order valence-corrected chi connectivity index (χ3v) is 5.35. The molecule has 3 unspecified atom stereocenters. The predicted octanol–water partition coefficient (Wildman–Crippen LogP) is 3.74. The fourth-order valence-corrected chi connectivity index (χ4v) is 3.23. The third-order valence-electron chi connectivity index (χ3n) is 5.35. The van der Waals surface area contributed by atoms with Crippen molar-refractivity contribution >= 4 is 29.9 Å². The maximum Gasteiger partial charge on any atom is 0.254 e. The SMILES string of the molecule is CCC(C)C(N)C(=O)Nc1ccc(C(=O)N2CCCCC2C)cc1C.Cl. The fourth-order valence-electron chi connectivity index (χ4n) is 3.23. The largest absolute Gasteiger partial charge is 0.336 e. The first kappa shape index (κ1) is 22.5. The molecule has 1 aliphatic rings. The Morgan fingerprint density at radius 1 is 1.35 bits per heavy atom. The summed E-state index contributed by atoms with van der Waals surface area (Å²) in [7, 11) is 0. The summed E-state index contributed by atoms with van der Waals surface area (Å²) in [5.41, 5.74) is 8.25. The molecule has 6 heteroatoms. The van der Waals surface area contributed by atoms with E-state index in [0.717, 1.165) is 31.4 Å². The van der Waals surface area contributed by atoms with Gasteiger partial charge in [-0.3, -0.25) is 9.59 Å². The average Bonchev–Trinajstić information content (AvgIpc) is 2.61. The molecule has 0 bridgehead atoms. The number of hydrogen-bond donors (Lipinski definition) is 2. The Kier molecular flexibility index (Phi) is 8.57. The minimum Gasteiger partial charge on any atom is -0.336 e. The Hall–Kier alpha value is -1.59. The van der Waals surface area contributed by atoms with Gasteiger partial charge in [-0.05, 0) is 62.8 Å². The molecular formula is C20H32ClN3O2. The Bertz CT molecular complexity index is 635. The molecule has 0 saturated carbocycles. The number of carbonyl (C=O) groups excluding carboxylic acids is 2. The van der Waals surface area contributed by atoms with E-state index >= 15 is 0 Å². The summed E-state index contributed by atoms with van der Waals surface area (Å²) < 4.78 is 0. The molecule has 0 aliphatic carbocycles. The van der Waals surface area contributed by atoms with E-state index < -0.39 is 6.04 Å². The van der Waals surface area contributed by atoms with Crippen LogP contribution in [0.3, 0.4) is 0 Å². The zero-order valence-electron chi connectivity index (χ0n) is 16.2. The van der Waals surface area contributed by atoms with Gasteiger partial charge in [0.05, 0.1) is 6.04 Å². The molecule has 5 nitrogen and oxygen atoms in total. The lowest BCUT2D eigenvalue weighted by Gasteiger charge is -2.33. The number of amides is 2. The van der Waals surface area contributed by atoms with Crippen molar-refractivity contribution in [2.45, 2.75) is 65.5 Å². The van der Waals surface area contributed by atoms with Crippen LogP contribution in [0.4, 0.5) is 5.69 Å². The number of piperidine rings is 1. The van der Waals surface area contributed by atoms with E-state index in [1.165, 1.54) is 6.42 Å². The summed E-state index contributed by atoms with van der Waals surface area (Å²) in [6.45, 7) is 8.82. The van der Waals surface area contributed by atoms with Crippen molar-refractivity contribution in [2.24, 2.45) is 11.7 Å². The van der Waals surface area contributed by atoms with Crippen LogP contribution in [0.25, 0.3) is 0 Å². The number of rotatable bonds is 5. The highest BCUT2D eigenvalue weighted by molar-refractivity contribution is 5.98. The summed E-state index contributed by atoms with van der Waals surface area (Å²) in [5.74, 6) is 0.0207. The maximum absolute atomic E-state index is 12.8. The van der Waals surface area contributed by atoms with Gasteiger partial charge >= 0.3 is 0 Å². The van der Waals surface area contributed by atoms with Crippen LogP contribution < -0.4 is 11.1 Å². The standard InChI is InChI=1S/C20H31N3O2.ClH/c1-5-13(2)18(21)19(24)22-17-10-9-16(12-14(17)3)20(25)23-11-7-6-8-15(23)4;/h9-10,12-13,15,18H,5-8,11,21H2,1-4H3,(H,22,24);1H. The number of aryl methyl sites for hydroxylation is 1. The zero-order valence-corrected chi connectivity index (χ0v) is 17.1. The number of halogens is 1. The molecule has 1 aliphatic heterocycles. The Morgan fingerprint density at radius 2 is 2.04 bits per heavy atom. The van der Waals surface area contributed by atoms with Gasteiger partial charge in [-0.2, -0.15) is 0 Å². The van der Waals surface area contributed by atoms with E-state index in [4.69, 9.17) is 5.73 Å². The van der Waals surface area contributed by atoms with Crippen molar-refractivity contribution in [3.8, 4) is 0 Å². The van der Waals surface area contributed by atoms with E-state index in [2.05, 4.69) is 12.2 Å². The van der Waals surface area contributed by atoms with Crippen LogP contribution in [0.1, 0.15) is 62.4 Å². The zero-order chi connectivity index (χ0) is 18.6. The van der Waals surface area contributed by atoms with Crippen LogP contribution in [0, 0.1) is 12.8 Å². The van der Waals surface area contributed by atoms with Gasteiger partial charge in [0.2, 0.25) is 5.91 Å². The van der Waals surface area contributed by atoms with Gasteiger partial charge in [-0.1, -0.05) is 20.3 Å². The molecular weight excluding hydrogens is 350 g/mol. The van der Waals surface area contributed by atoms with Crippen molar-refractivity contribution in [3.63, 3.8) is 0 Å². The second kappa shape index (κ2) is 9.93. The highest BCUT2D eigenvalue weighted by Gasteiger charge is 2.25. The van der Waals surface area contributed by atoms with E-state index in [9.17, 15) is 9.59 Å². The summed E-state index contributed by atoms with van der Waals surface area (Å²) >= 11 is 0. The summed E-state index contributed by atoms with van der Waals surface area (Å²) in [5, 5.41) is 2.89. The van der Waals surface area contributed by atoms with Crippen LogP contribution in [-0.2, 0) is 4.79 Å². The van der Waals surface area contributed by atoms with Crippen molar-refractivity contribution in [1.82, 2.24) is 4.90 Å². The van der Waals surface area contributed by atoms with Gasteiger partial charge < -0.3 is 16.0 Å². The first-order chi connectivity index (χ1) is 11.8. The molecule has 1 aromatic rings. The molecule has 1 fully saturated rings. The lowest BCUT2D eigenvalue weighted by Crippen LogP contribution is -2.42. The van der Waals surface area contributed by atoms with Gasteiger partial charge in [-0.15, -0.1) is 12.4 Å². The molecule has 0 aromatic heterocycles. The van der Waals surface area contributed by atoms with Crippen LogP contribution in [0.5, 0.6) is 0 Å². The molecule has 1 heterocycles. The monoisotopic (exact) mass is 381 g/mol. The number of hydrogen-bond acceptors (Lipinski definition) is 3. The molecule has 1 aromatic carbocycles. The summed E-state index contributed by atoms with van der Waals surface area (Å²) in [6.07, 6.45) is 4.17. The van der Waals surface area contributed by atoms with Gasteiger partial charge in [-0.25, -0.2) is 0 Å². The van der Waals surface area contributed by atoms with Crippen LogP contribution in [0.2, 0.25) is 0 Å². The van der Waals surface area contributed by atoms with Gasteiger partial charge in [0.15, 0.2) is 0 Å². The maximum atomic E-state index is 12.8. The van der Waals surface area contributed by atoms with Crippen molar-refractivity contribution < 1.29 is 9.59 Å². The number of anilines is 1. The number of benzene rings is 1. The van der Waals surface area contributed by atoms with Crippen molar-refractivity contribution in [3.05, 3.63) is 29.3 Å². The molecule has 146 valence electrons. The smallest absolute Gasteiger partial charge is 0.254 e. The lowest BCUT2D eigenvalue weighted by atomic mass is 9.99. The molecule has 0 spiro atoms. The highest BCUT2D eigenvalue weighted by atomic mass is 35.5. The minimum absolute atomic E-state index is 0. The van der Waals surface area contributed by atoms with Gasteiger partial charge in [0, 0.05) is 23.8 Å². The van der Waals surface area contributed by atoms with E-state index in [0.29, 0.717) is 11.3 Å². The summed E-state index contributed by atoms with van der Waals surface area (Å²) in [6, 6.07) is 5.21. The van der Waals surface area contributed by atoms with Gasteiger partial charge in [0.1, 0.15) is 0 Å². The highest BCUT2D eigenvalue weighted by Crippen LogP contribution is 2.22. The topological polar surface area (TPSA) is 75.4 Å². The molecule has 2 amide bonds. The number of carbonyl (C=O) groups is 2. The first-order valence-corrected chi connectivity index (χ1v) is 9.33. The summed E-state index contributed by atoms with van der Waals surface area (Å²) in [4.78, 5) is 27.0. The van der Waals surface area contributed by atoms with Crippen LogP contribution in [-0.4, -0.2) is 35.3 Å². The van der Waals surface area contributed by atoms with Crippen molar-refractivity contribution in [1.29, 1.82) is 0 Å². The number of nitrogens with two attached hydrogens (primary N) is 1. The van der Waals surface area contributed by atoms with E-state index in [1.54, 1.807) is 12.1 Å². The molecule has 0 radical (unpaired) electrons. The predicted molar refractivity (Wildman–Crippen MR) is 109 cm³/mol.